The summed E-state index contributed by atoms with van der Waals surface area (Å²) in [4.78, 5) is 10.8. The summed E-state index contributed by atoms with van der Waals surface area (Å²) in [6.45, 7) is 0.396. The van der Waals surface area contributed by atoms with Crippen molar-refractivity contribution in [1.82, 2.24) is 0 Å². The zero-order valence-electron chi connectivity index (χ0n) is 5.16. The first-order valence-electron chi connectivity index (χ1n) is 3.20. The minimum atomic E-state index is -0.392. The summed E-state index contributed by atoms with van der Waals surface area (Å²) in [5.74, 6) is -0.205. The van der Waals surface area contributed by atoms with Crippen molar-refractivity contribution in [2.75, 3.05) is 6.61 Å². The van der Waals surface area contributed by atoms with E-state index in [1.807, 2.05) is 0 Å². The minimum absolute atomic E-state index is 0.0527. The molecule has 0 spiro atoms. The summed E-state index contributed by atoms with van der Waals surface area (Å²) < 4.78 is 4.75. The van der Waals surface area contributed by atoms with Crippen molar-refractivity contribution in [3.63, 3.8) is 0 Å². The lowest BCUT2D eigenvalue weighted by atomic mass is 9.73. The zero-order chi connectivity index (χ0) is 7.30. The molecule has 0 aromatic carbocycles. The second-order valence-electron chi connectivity index (χ2n) is 2.75. The number of rotatable bonds is 0. The summed E-state index contributed by atoms with van der Waals surface area (Å²) in [6, 6.07) is 0. The van der Waals surface area contributed by atoms with Crippen molar-refractivity contribution in [3.8, 4) is 0 Å². The fourth-order valence-electron chi connectivity index (χ4n) is 1.53. The van der Waals surface area contributed by atoms with Crippen molar-refractivity contribution in [1.29, 1.82) is 0 Å². The molecule has 4 heteroatoms. The van der Waals surface area contributed by atoms with Crippen LogP contribution in [-0.2, 0) is 9.53 Å². The molecule has 3 nitrogen and oxygen atoms in total. The maximum Gasteiger partial charge on any atom is 0.310 e. The number of aliphatic hydroxyl groups is 1. The summed E-state index contributed by atoms with van der Waals surface area (Å²) in [6.07, 6.45) is -0.392. The van der Waals surface area contributed by atoms with Crippen molar-refractivity contribution < 1.29 is 14.6 Å². The maximum atomic E-state index is 10.8. The van der Waals surface area contributed by atoms with E-state index in [2.05, 4.69) is 15.9 Å². The number of carbonyl (C=O) groups excluding carboxylic acids is 1. The molecule has 1 saturated carbocycles. The Labute approximate surface area is 66.5 Å². The summed E-state index contributed by atoms with van der Waals surface area (Å²) in [5, 5.41) is 9.23. The van der Waals surface area contributed by atoms with E-state index in [9.17, 15) is 9.90 Å². The monoisotopic (exact) mass is 206 g/mol. The van der Waals surface area contributed by atoms with Gasteiger partial charge in [0.05, 0.1) is 23.5 Å². The Hall–Kier alpha value is -0.0900. The van der Waals surface area contributed by atoms with Gasteiger partial charge in [-0.3, -0.25) is 4.79 Å². The van der Waals surface area contributed by atoms with E-state index in [4.69, 9.17) is 4.74 Å². The highest BCUT2D eigenvalue weighted by Gasteiger charge is 2.57. The topological polar surface area (TPSA) is 46.5 Å². The lowest BCUT2D eigenvalue weighted by Gasteiger charge is -2.38. The number of ether oxygens (including phenoxy) is 1. The fraction of sp³-hybridized carbons (Fsp3) is 0.833. The van der Waals surface area contributed by atoms with Crippen LogP contribution in [0, 0.1) is 11.8 Å². The number of hydrogen-bond acceptors (Lipinski definition) is 3. The molecule has 1 aliphatic carbocycles. The van der Waals surface area contributed by atoms with Crippen LogP contribution in [0.4, 0.5) is 0 Å². The van der Waals surface area contributed by atoms with Crippen molar-refractivity contribution in [2.45, 2.75) is 10.9 Å². The predicted molar refractivity (Wildman–Crippen MR) is 36.7 cm³/mol. The van der Waals surface area contributed by atoms with Crippen LogP contribution in [0.5, 0.6) is 0 Å². The van der Waals surface area contributed by atoms with Crippen LogP contribution in [0.15, 0.2) is 0 Å². The Balaban J connectivity index is 2.16. The van der Waals surface area contributed by atoms with Crippen LogP contribution >= 0.6 is 15.9 Å². The number of cyclic esters (lactones) is 1. The third-order valence-corrected chi connectivity index (χ3v) is 3.37. The molecule has 0 aromatic heterocycles. The van der Waals surface area contributed by atoms with E-state index < -0.39 is 6.10 Å². The number of hydrogen-bond donors (Lipinski definition) is 1. The molecule has 10 heavy (non-hydrogen) atoms. The van der Waals surface area contributed by atoms with Crippen LogP contribution in [0.3, 0.4) is 0 Å². The summed E-state index contributed by atoms with van der Waals surface area (Å²) >= 11 is 3.22. The molecule has 1 N–H and O–H groups in total. The van der Waals surface area contributed by atoms with Gasteiger partial charge in [0.1, 0.15) is 0 Å². The van der Waals surface area contributed by atoms with Gasteiger partial charge >= 0.3 is 5.97 Å². The largest absolute Gasteiger partial charge is 0.465 e. The maximum absolute atomic E-state index is 10.8. The molecule has 1 aliphatic heterocycles. The molecule has 1 heterocycles. The molecule has 0 amide bonds. The Morgan fingerprint density at radius 3 is 3.00 bits per heavy atom. The first-order chi connectivity index (χ1) is 4.72. The van der Waals surface area contributed by atoms with Gasteiger partial charge in [-0.05, 0) is 0 Å². The second kappa shape index (κ2) is 1.95. The number of fused-ring (bicyclic) bond motifs is 1. The third kappa shape index (κ3) is 0.609. The van der Waals surface area contributed by atoms with Crippen molar-refractivity contribution >= 4 is 21.9 Å². The Bertz CT molecular complexity index is 182. The molecule has 1 saturated heterocycles. The first kappa shape index (κ1) is 6.61. The Morgan fingerprint density at radius 1 is 1.70 bits per heavy atom. The van der Waals surface area contributed by atoms with Crippen molar-refractivity contribution in [3.05, 3.63) is 0 Å². The van der Waals surface area contributed by atoms with Gasteiger partial charge < -0.3 is 9.84 Å². The molecule has 2 rings (SSSR count). The quantitative estimate of drug-likeness (QED) is 0.446. The average Bonchev–Trinajstić information content (AvgIpc) is 2.27. The molecule has 2 aliphatic rings. The van der Waals surface area contributed by atoms with Crippen LogP contribution in [0.2, 0.25) is 0 Å². The van der Waals surface area contributed by atoms with Gasteiger partial charge in [0.2, 0.25) is 0 Å². The standard InChI is InChI=1S/C6H7BrO3/c7-4-3-2(5(4)8)1-10-6(3)9/h2-5,8H,1H2/t2-,3+,4+,5+/m0/s1. The SMILES string of the molecule is O=C1OC[C@@H]2[C@@H](O)[C@H](Br)[C@H]12. The van der Waals surface area contributed by atoms with Gasteiger partial charge in [-0.15, -0.1) is 0 Å². The van der Waals surface area contributed by atoms with E-state index >= 15 is 0 Å². The molecule has 2 fully saturated rings. The number of esters is 1. The van der Waals surface area contributed by atoms with Gasteiger partial charge in [0.25, 0.3) is 0 Å². The summed E-state index contributed by atoms with van der Waals surface area (Å²) in [7, 11) is 0. The third-order valence-electron chi connectivity index (χ3n) is 2.26. The molecular weight excluding hydrogens is 200 g/mol. The van der Waals surface area contributed by atoms with Crippen LogP contribution in [0.1, 0.15) is 0 Å². The molecular formula is C6H7BrO3. The van der Waals surface area contributed by atoms with Gasteiger partial charge in [0.15, 0.2) is 0 Å². The van der Waals surface area contributed by atoms with Gasteiger partial charge in [0, 0.05) is 5.92 Å². The lowest BCUT2D eigenvalue weighted by Crippen LogP contribution is -2.52. The Morgan fingerprint density at radius 2 is 2.40 bits per heavy atom. The number of halogens is 1. The van der Waals surface area contributed by atoms with Gasteiger partial charge in [-0.1, -0.05) is 15.9 Å². The number of carbonyl (C=O) groups is 1. The number of aliphatic hydroxyl groups excluding tert-OH is 1. The van der Waals surface area contributed by atoms with E-state index in [1.54, 1.807) is 0 Å². The zero-order valence-corrected chi connectivity index (χ0v) is 6.74. The molecule has 4 atom stereocenters. The normalized spacial score (nSPS) is 51.6. The van der Waals surface area contributed by atoms with Gasteiger partial charge in [-0.25, -0.2) is 0 Å². The minimum Gasteiger partial charge on any atom is -0.465 e. The second-order valence-corrected chi connectivity index (χ2v) is 3.81. The highest BCUT2D eigenvalue weighted by molar-refractivity contribution is 9.09. The lowest BCUT2D eigenvalue weighted by molar-refractivity contribution is -0.143. The molecule has 0 radical (unpaired) electrons. The fourth-order valence-corrected chi connectivity index (χ4v) is 2.53. The Kier molecular flexibility index (Phi) is 1.29. The predicted octanol–water partition coefficient (Wildman–Crippen LogP) is -0.0864. The summed E-state index contributed by atoms with van der Waals surface area (Å²) in [5.41, 5.74) is 0. The molecule has 0 unspecified atom stereocenters. The first-order valence-corrected chi connectivity index (χ1v) is 4.12. The molecule has 56 valence electrons. The average molecular weight is 207 g/mol. The molecule has 0 bridgehead atoms. The number of alkyl halides is 1. The van der Waals surface area contributed by atoms with E-state index in [-0.39, 0.29) is 22.6 Å². The highest BCUT2D eigenvalue weighted by Crippen LogP contribution is 2.44. The van der Waals surface area contributed by atoms with Crippen molar-refractivity contribution in [2.24, 2.45) is 11.8 Å². The molecule has 0 aromatic rings. The van der Waals surface area contributed by atoms with E-state index in [0.29, 0.717) is 6.61 Å². The van der Waals surface area contributed by atoms with E-state index in [1.165, 1.54) is 0 Å². The highest BCUT2D eigenvalue weighted by atomic mass is 79.9. The van der Waals surface area contributed by atoms with Gasteiger partial charge in [-0.2, -0.15) is 0 Å². The van der Waals surface area contributed by atoms with E-state index in [0.717, 1.165) is 0 Å². The smallest absolute Gasteiger partial charge is 0.310 e. The van der Waals surface area contributed by atoms with Crippen LogP contribution in [0.25, 0.3) is 0 Å². The van der Waals surface area contributed by atoms with Crippen LogP contribution in [-0.4, -0.2) is 28.6 Å². The van der Waals surface area contributed by atoms with Crippen LogP contribution < -0.4 is 0 Å².